The maximum absolute atomic E-state index is 12.3. The zero-order chi connectivity index (χ0) is 22.5. The number of carbonyl (C=O) groups is 2. The van der Waals surface area contributed by atoms with Crippen LogP contribution in [0.3, 0.4) is 0 Å². The van der Waals surface area contributed by atoms with E-state index in [0.717, 1.165) is 22.3 Å². The van der Waals surface area contributed by atoms with Crippen molar-refractivity contribution in [3.05, 3.63) is 58.7 Å². The maximum atomic E-state index is 12.3. The number of anilines is 1. The Morgan fingerprint density at radius 2 is 1.70 bits per heavy atom. The minimum atomic E-state index is -3.85. The normalized spacial score (nSPS) is 11.4. The van der Waals surface area contributed by atoms with Gasteiger partial charge in [0.05, 0.1) is 4.90 Å². The van der Waals surface area contributed by atoms with Crippen LogP contribution in [0.1, 0.15) is 42.0 Å². The fourth-order valence-corrected chi connectivity index (χ4v) is 3.89. The van der Waals surface area contributed by atoms with E-state index in [-0.39, 0.29) is 10.8 Å². The van der Waals surface area contributed by atoms with E-state index in [0.29, 0.717) is 5.69 Å². The minimum Gasteiger partial charge on any atom is -0.455 e. The smallest absolute Gasteiger partial charge is 0.321 e. The van der Waals surface area contributed by atoms with Crippen molar-refractivity contribution in [2.24, 2.45) is 0 Å². The number of carbonyl (C=O) groups excluding carboxylic acids is 2. The van der Waals surface area contributed by atoms with Gasteiger partial charge in [0, 0.05) is 5.69 Å². The lowest BCUT2D eigenvalue weighted by Crippen LogP contribution is -2.32. The second-order valence-corrected chi connectivity index (χ2v) is 9.24. The number of esters is 1. The van der Waals surface area contributed by atoms with E-state index < -0.39 is 35.1 Å². The van der Waals surface area contributed by atoms with Crippen LogP contribution < -0.4 is 10.0 Å². The Morgan fingerprint density at radius 1 is 1.00 bits per heavy atom. The number of amides is 1. The molecule has 8 heteroatoms. The zero-order valence-electron chi connectivity index (χ0n) is 17.9. The van der Waals surface area contributed by atoms with Crippen molar-refractivity contribution >= 4 is 27.6 Å². The van der Waals surface area contributed by atoms with Gasteiger partial charge in [-0.25, -0.2) is 8.42 Å². The lowest BCUT2D eigenvalue weighted by atomic mass is 9.98. The number of aryl methyl sites for hydroxylation is 3. The standard InChI is InChI=1S/C22H28N2O5S/c1-14(2)19-8-6-7-16(4)22(19)24-20(25)13-29-21(26)12-23-30(27,28)18-10-9-15(3)17(5)11-18/h6-11,14,23H,12-13H2,1-5H3,(H,24,25). The van der Waals surface area contributed by atoms with E-state index in [9.17, 15) is 18.0 Å². The van der Waals surface area contributed by atoms with Crippen LogP contribution in [0.25, 0.3) is 0 Å². The largest absolute Gasteiger partial charge is 0.455 e. The topological polar surface area (TPSA) is 102 Å². The molecule has 0 aliphatic heterocycles. The number of para-hydroxylation sites is 1. The number of nitrogens with one attached hydrogen (secondary N) is 2. The minimum absolute atomic E-state index is 0.0666. The van der Waals surface area contributed by atoms with Crippen molar-refractivity contribution in [1.82, 2.24) is 4.72 Å². The highest BCUT2D eigenvalue weighted by Crippen LogP contribution is 2.27. The van der Waals surface area contributed by atoms with Crippen molar-refractivity contribution in [3.63, 3.8) is 0 Å². The molecule has 2 rings (SSSR count). The van der Waals surface area contributed by atoms with Gasteiger partial charge in [-0.1, -0.05) is 38.1 Å². The van der Waals surface area contributed by atoms with Gasteiger partial charge in [0.1, 0.15) is 6.54 Å². The summed E-state index contributed by atoms with van der Waals surface area (Å²) in [6.07, 6.45) is 0. The van der Waals surface area contributed by atoms with Gasteiger partial charge in [-0.2, -0.15) is 4.72 Å². The van der Waals surface area contributed by atoms with Gasteiger partial charge >= 0.3 is 5.97 Å². The number of sulfonamides is 1. The summed E-state index contributed by atoms with van der Waals surface area (Å²) in [7, 11) is -3.85. The Morgan fingerprint density at radius 3 is 2.33 bits per heavy atom. The lowest BCUT2D eigenvalue weighted by Gasteiger charge is -2.16. The van der Waals surface area contributed by atoms with Crippen LogP contribution in [0.4, 0.5) is 5.69 Å². The molecule has 162 valence electrons. The first kappa shape index (κ1) is 23.6. The van der Waals surface area contributed by atoms with Crippen molar-refractivity contribution < 1.29 is 22.7 Å². The monoisotopic (exact) mass is 432 g/mol. The van der Waals surface area contributed by atoms with E-state index in [1.54, 1.807) is 13.0 Å². The molecule has 0 saturated carbocycles. The molecule has 0 aromatic heterocycles. The van der Waals surface area contributed by atoms with E-state index in [2.05, 4.69) is 10.0 Å². The molecular weight excluding hydrogens is 404 g/mol. The number of hydrogen-bond donors (Lipinski definition) is 2. The molecule has 0 bridgehead atoms. The van der Waals surface area contributed by atoms with E-state index in [1.807, 2.05) is 45.9 Å². The third kappa shape index (κ3) is 6.14. The molecule has 0 aliphatic carbocycles. The Bertz CT molecular complexity index is 1050. The van der Waals surface area contributed by atoms with Crippen molar-refractivity contribution in [2.75, 3.05) is 18.5 Å². The Labute approximate surface area is 177 Å². The molecule has 1 amide bonds. The number of benzene rings is 2. The quantitative estimate of drug-likeness (QED) is 0.624. The van der Waals surface area contributed by atoms with Crippen LogP contribution in [0, 0.1) is 20.8 Å². The fourth-order valence-electron chi connectivity index (χ4n) is 2.83. The summed E-state index contributed by atoms with van der Waals surface area (Å²) in [5.41, 5.74) is 4.38. The molecule has 0 unspecified atom stereocenters. The molecular formula is C22H28N2O5S. The van der Waals surface area contributed by atoms with Crippen molar-refractivity contribution in [1.29, 1.82) is 0 Å². The molecule has 0 atom stereocenters. The molecule has 0 saturated heterocycles. The molecule has 0 heterocycles. The molecule has 2 aromatic carbocycles. The average molecular weight is 433 g/mol. The average Bonchev–Trinajstić information content (AvgIpc) is 2.68. The molecule has 2 aromatic rings. The van der Waals surface area contributed by atoms with Crippen molar-refractivity contribution in [2.45, 2.75) is 45.4 Å². The van der Waals surface area contributed by atoms with E-state index in [1.165, 1.54) is 12.1 Å². The van der Waals surface area contributed by atoms with Gasteiger partial charge in [0.15, 0.2) is 6.61 Å². The van der Waals surface area contributed by atoms with Crippen LogP contribution in [0.2, 0.25) is 0 Å². The highest BCUT2D eigenvalue weighted by atomic mass is 32.2. The summed E-state index contributed by atoms with van der Waals surface area (Å²) in [4.78, 5) is 24.2. The van der Waals surface area contributed by atoms with Crippen LogP contribution in [0.5, 0.6) is 0 Å². The van der Waals surface area contributed by atoms with Crippen LogP contribution in [0.15, 0.2) is 41.3 Å². The summed E-state index contributed by atoms with van der Waals surface area (Å²) in [6.45, 7) is 8.54. The van der Waals surface area contributed by atoms with Gasteiger partial charge in [-0.15, -0.1) is 0 Å². The summed E-state index contributed by atoms with van der Waals surface area (Å²) >= 11 is 0. The Kier molecular flexibility index (Phi) is 7.75. The molecule has 0 radical (unpaired) electrons. The third-order valence-corrected chi connectivity index (χ3v) is 6.15. The Hall–Kier alpha value is -2.71. The summed E-state index contributed by atoms with van der Waals surface area (Å²) in [5.74, 6) is -1.12. The first-order valence-electron chi connectivity index (χ1n) is 9.63. The summed E-state index contributed by atoms with van der Waals surface area (Å²) in [5, 5.41) is 2.77. The fraction of sp³-hybridized carbons (Fsp3) is 0.364. The SMILES string of the molecule is Cc1ccc(S(=O)(=O)NCC(=O)OCC(=O)Nc2c(C)cccc2C(C)C)cc1C. The number of ether oxygens (including phenoxy) is 1. The Balaban J connectivity index is 1.90. The van der Waals surface area contributed by atoms with E-state index in [4.69, 9.17) is 4.74 Å². The van der Waals surface area contributed by atoms with Gasteiger partial charge in [0.2, 0.25) is 10.0 Å². The molecule has 7 nitrogen and oxygen atoms in total. The molecule has 2 N–H and O–H groups in total. The summed E-state index contributed by atoms with van der Waals surface area (Å²) < 4.78 is 31.7. The van der Waals surface area contributed by atoms with Gasteiger partial charge < -0.3 is 10.1 Å². The first-order chi connectivity index (χ1) is 14.0. The van der Waals surface area contributed by atoms with Gasteiger partial charge in [-0.3, -0.25) is 9.59 Å². The zero-order valence-corrected chi connectivity index (χ0v) is 18.7. The number of hydrogen-bond acceptors (Lipinski definition) is 5. The third-order valence-electron chi connectivity index (χ3n) is 4.75. The number of rotatable bonds is 8. The van der Waals surface area contributed by atoms with E-state index >= 15 is 0 Å². The lowest BCUT2D eigenvalue weighted by molar-refractivity contribution is -0.146. The van der Waals surface area contributed by atoms with Crippen LogP contribution >= 0.6 is 0 Å². The molecule has 30 heavy (non-hydrogen) atoms. The van der Waals surface area contributed by atoms with Gasteiger partial charge in [-0.05, 0) is 61.1 Å². The predicted octanol–water partition coefficient (Wildman–Crippen LogP) is 3.20. The molecule has 0 aliphatic rings. The maximum Gasteiger partial charge on any atom is 0.321 e. The first-order valence-corrected chi connectivity index (χ1v) is 11.1. The highest BCUT2D eigenvalue weighted by molar-refractivity contribution is 7.89. The van der Waals surface area contributed by atoms with Crippen molar-refractivity contribution in [3.8, 4) is 0 Å². The second kappa shape index (κ2) is 9.86. The summed E-state index contributed by atoms with van der Waals surface area (Å²) in [6, 6.07) is 10.4. The molecule has 0 spiro atoms. The van der Waals surface area contributed by atoms with Gasteiger partial charge in [0.25, 0.3) is 5.91 Å². The highest BCUT2D eigenvalue weighted by Gasteiger charge is 2.18. The second-order valence-electron chi connectivity index (χ2n) is 7.47. The van der Waals surface area contributed by atoms with Crippen LogP contribution in [-0.4, -0.2) is 33.4 Å². The van der Waals surface area contributed by atoms with Crippen LogP contribution in [-0.2, 0) is 24.3 Å². The predicted molar refractivity (Wildman–Crippen MR) is 116 cm³/mol. The molecule has 0 fully saturated rings.